The zero-order valence-electron chi connectivity index (χ0n) is 13.0. The van der Waals surface area contributed by atoms with E-state index < -0.39 is 0 Å². The van der Waals surface area contributed by atoms with E-state index >= 15 is 0 Å². The highest BCUT2D eigenvalue weighted by atomic mass is 79.9. The molecule has 6 heteroatoms. The van der Waals surface area contributed by atoms with Crippen LogP contribution in [-0.4, -0.2) is 48.5 Å². The molecule has 22 heavy (non-hydrogen) atoms. The third-order valence-corrected chi connectivity index (χ3v) is 5.20. The fraction of sp³-hybridized carbons (Fsp3) is 0.625. The molecule has 0 amide bonds. The smallest absolute Gasteiger partial charge is 0.125 e. The summed E-state index contributed by atoms with van der Waals surface area (Å²) in [7, 11) is 3.74. The van der Waals surface area contributed by atoms with Gasteiger partial charge in [0.2, 0.25) is 0 Å². The quantitative estimate of drug-likeness (QED) is 0.767. The summed E-state index contributed by atoms with van der Waals surface area (Å²) in [6, 6.07) is 1.95. The number of pyridine rings is 1. The van der Waals surface area contributed by atoms with Crippen LogP contribution in [0.4, 0.5) is 0 Å². The monoisotopic (exact) mass is 367 g/mol. The van der Waals surface area contributed by atoms with E-state index in [2.05, 4.69) is 32.2 Å². The number of ether oxygens (including phenoxy) is 2. The average molecular weight is 368 g/mol. The van der Waals surface area contributed by atoms with Crippen LogP contribution in [0.3, 0.4) is 0 Å². The van der Waals surface area contributed by atoms with Crippen LogP contribution in [0.15, 0.2) is 23.6 Å². The van der Waals surface area contributed by atoms with Gasteiger partial charge in [-0.3, -0.25) is 9.99 Å². The van der Waals surface area contributed by atoms with Gasteiger partial charge in [0.25, 0.3) is 0 Å². The Balaban J connectivity index is 1.93. The summed E-state index contributed by atoms with van der Waals surface area (Å²) in [6.45, 7) is 1.73. The van der Waals surface area contributed by atoms with Crippen LogP contribution in [0.5, 0.6) is 5.75 Å². The average Bonchev–Trinajstić information content (AvgIpc) is 2.94. The minimum atomic E-state index is 0.132. The number of halogens is 1. The maximum atomic E-state index is 5.66. The zero-order chi connectivity index (χ0) is 15.5. The van der Waals surface area contributed by atoms with Crippen LogP contribution in [0.25, 0.3) is 0 Å². The van der Waals surface area contributed by atoms with Crippen molar-refractivity contribution in [2.75, 3.05) is 27.3 Å². The van der Waals surface area contributed by atoms with Crippen LogP contribution in [0, 0.1) is 11.8 Å². The highest BCUT2D eigenvalue weighted by Gasteiger charge is 2.37. The molecule has 4 atom stereocenters. The molecular weight excluding hydrogens is 346 g/mol. The molecule has 120 valence electrons. The van der Waals surface area contributed by atoms with Gasteiger partial charge in [0.15, 0.2) is 0 Å². The molecule has 1 aromatic heterocycles. The Morgan fingerprint density at radius 2 is 2.36 bits per heavy atom. The van der Waals surface area contributed by atoms with E-state index in [0.29, 0.717) is 17.8 Å². The molecule has 2 aliphatic heterocycles. The molecule has 0 saturated carbocycles. The van der Waals surface area contributed by atoms with Crippen molar-refractivity contribution in [2.24, 2.45) is 16.9 Å². The largest absolute Gasteiger partial charge is 0.496 e. The number of nitrogens with zero attached hydrogens (tertiary/aromatic N) is 3. The number of aromatic nitrogens is 1. The molecule has 1 saturated heterocycles. The van der Waals surface area contributed by atoms with Crippen molar-refractivity contribution in [1.82, 2.24) is 9.99 Å². The van der Waals surface area contributed by atoms with Gasteiger partial charge in [-0.05, 0) is 24.8 Å². The first kappa shape index (κ1) is 15.7. The van der Waals surface area contributed by atoms with E-state index in [1.165, 1.54) is 5.56 Å². The van der Waals surface area contributed by atoms with Gasteiger partial charge >= 0.3 is 0 Å². The van der Waals surface area contributed by atoms with Crippen molar-refractivity contribution in [1.29, 1.82) is 0 Å². The van der Waals surface area contributed by atoms with Crippen molar-refractivity contribution in [3.63, 3.8) is 0 Å². The Labute approximate surface area is 139 Å². The third-order valence-electron chi connectivity index (χ3n) is 4.56. The van der Waals surface area contributed by atoms with E-state index in [4.69, 9.17) is 9.47 Å². The molecule has 5 nitrogen and oxygen atoms in total. The predicted octanol–water partition coefficient (Wildman–Crippen LogP) is 2.87. The van der Waals surface area contributed by atoms with E-state index in [9.17, 15) is 0 Å². The second kappa shape index (κ2) is 6.96. The third kappa shape index (κ3) is 3.27. The van der Waals surface area contributed by atoms with Crippen LogP contribution in [-0.2, 0) is 4.74 Å². The lowest BCUT2D eigenvalue weighted by Gasteiger charge is -2.36. The van der Waals surface area contributed by atoms with Crippen LogP contribution >= 0.6 is 15.9 Å². The highest BCUT2D eigenvalue weighted by Crippen LogP contribution is 2.43. The summed E-state index contributed by atoms with van der Waals surface area (Å²) in [4.78, 5) is 4.34. The van der Waals surface area contributed by atoms with E-state index in [1.807, 2.05) is 24.3 Å². The zero-order valence-corrected chi connectivity index (χ0v) is 14.6. The molecule has 2 aliphatic rings. The first-order valence-electron chi connectivity index (χ1n) is 7.68. The Bertz CT molecular complexity index is 540. The summed E-state index contributed by atoms with van der Waals surface area (Å²) in [6.07, 6.45) is 7.87. The van der Waals surface area contributed by atoms with Crippen LogP contribution in [0.2, 0.25) is 0 Å². The lowest BCUT2D eigenvalue weighted by atomic mass is 9.74. The van der Waals surface area contributed by atoms with Gasteiger partial charge in [-0.1, -0.05) is 15.9 Å². The fourth-order valence-corrected chi connectivity index (χ4v) is 4.23. The standard InChI is InChI=1S/C16H22BrN3O2/c1-20-10-12(8-19-20)16(11-4-6-22-15(17)7-11)13-9-18-5-3-14(13)21-2/h3,5,8-9,11-12,15-16H,4,6-7,10H2,1-2H3. The van der Waals surface area contributed by atoms with Crippen molar-refractivity contribution in [2.45, 2.75) is 23.8 Å². The highest BCUT2D eigenvalue weighted by molar-refractivity contribution is 9.09. The van der Waals surface area contributed by atoms with Crippen molar-refractivity contribution in [3.8, 4) is 5.75 Å². The molecular formula is C16H22BrN3O2. The molecule has 0 N–H and O–H groups in total. The number of hydrogen-bond acceptors (Lipinski definition) is 5. The molecule has 1 aromatic rings. The normalized spacial score (nSPS) is 29.6. The van der Waals surface area contributed by atoms with Gasteiger partial charge in [0, 0.05) is 56.2 Å². The summed E-state index contributed by atoms with van der Waals surface area (Å²) in [5, 5.41) is 6.57. The molecule has 3 heterocycles. The number of hydrazone groups is 1. The summed E-state index contributed by atoms with van der Waals surface area (Å²) < 4.78 is 11.2. The van der Waals surface area contributed by atoms with E-state index in [-0.39, 0.29) is 5.01 Å². The topological polar surface area (TPSA) is 47.0 Å². The Hall–Kier alpha value is -1.14. The lowest BCUT2D eigenvalue weighted by Crippen LogP contribution is -2.32. The molecule has 1 fully saturated rings. The number of hydrogen-bond donors (Lipinski definition) is 0. The number of rotatable bonds is 4. The molecule has 4 unspecified atom stereocenters. The molecule has 3 rings (SSSR count). The molecule has 0 radical (unpaired) electrons. The lowest BCUT2D eigenvalue weighted by molar-refractivity contribution is 0.0358. The molecule has 0 aliphatic carbocycles. The van der Waals surface area contributed by atoms with E-state index in [0.717, 1.165) is 31.7 Å². The Morgan fingerprint density at radius 1 is 1.50 bits per heavy atom. The molecule has 0 bridgehead atoms. The Kier molecular flexibility index (Phi) is 4.98. The van der Waals surface area contributed by atoms with Gasteiger partial charge in [0.1, 0.15) is 10.8 Å². The first-order chi connectivity index (χ1) is 10.7. The van der Waals surface area contributed by atoms with Gasteiger partial charge < -0.3 is 9.47 Å². The van der Waals surface area contributed by atoms with Gasteiger partial charge in [0.05, 0.1) is 7.11 Å². The minimum Gasteiger partial charge on any atom is -0.496 e. The van der Waals surface area contributed by atoms with E-state index in [1.54, 1.807) is 13.3 Å². The van der Waals surface area contributed by atoms with Gasteiger partial charge in [-0.15, -0.1) is 0 Å². The van der Waals surface area contributed by atoms with Crippen molar-refractivity contribution in [3.05, 3.63) is 24.0 Å². The first-order valence-corrected chi connectivity index (χ1v) is 8.59. The maximum Gasteiger partial charge on any atom is 0.125 e. The fourth-order valence-electron chi connectivity index (χ4n) is 3.57. The summed E-state index contributed by atoms with van der Waals surface area (Å²) in [5.74, 6) is 2.17. The number of alkyl halides is 1. The second-order valence-corrected chi connectivity index (χ2v) is 7.00. The maximum absolute atomic E-state index is 5.66. The second-order valence-electron chi connectivity index (χ2n) is 5.98. The van der Waals surface area contributed by atoms with Gasteiger partial charge in [-0.2, -0.15) is 5.10 Å². The number of methoxy groups -OCH3 is 1. The summed E-state index contributed by atoms with van der Waals surface area (Å²) in [5.41, 5.74) is 1.18. The predicted molar refractivity (Wildman–Crippen MR) is 89.5 cm³/mol. The Morgan fingerprint density at radius 3 is 3.05 bits per heavy atom. The van der Waals surface area contributed by atoms with Crippen molar-refractivity contribution < 1.29 is 9.47 Å². The molecule has 0 spiro atoms. The van der Waals surface area contributed by atoms with Gasteiger partial charge in [-0.25, -0.2) is 0 Å². The van der Waals surface area contributed by atoms with Crippen LogP contribution < -0.4 is 4.74 Å². The van der Waals surface area contributed by atoms with Crippen LogP contribution in [0.1, 0.15) is 24.3 Å². The van der Waals surface area contributed by atoms with Crippen molar-refractivity contribution >= 4 is 22.1 Å². The SMILES string of the molecule is COc1ccncc1C(C1C=NN(C)C1)C1CCOC(Br)C1. The summed E-state index contributed by atoms with van der Waals surface area (Å²) >= 11 is 3.61. The molecule has 0 aromatic carbocycles. The minimum absolute atomic E-state index is 0.132.